The molecular weight excluding hydrogens is 284 g/mol. The van der Waals surface area contributed by atoms with Crippen LogP contribution >= 0.6 is 12.4 Å². The van der Waals surface area contributed by atoms with E-state index in [1.165, 1.54) is 0 Å². The van der Waals surface area contributed by atoms with Gasteiger partial charge in [-0.25, -0.2) is 0 Å². The fraction of sp³-hybridized carbons (Fsp3) is 0.438. The van der Waals surface area contributed by atoms with Gasteiger partial charge in [-0.15, -0.1) is 12.4 Å². The molecule has 5 heteroatoms. The number of hydrogen-bond acceptors (Lipinski definition) is 3. The molecule has 0 atom stereocenters. The van der Waals surface area contributed by atoms with Gasteiger partial charge in [0.1, 0.15) is 0 Å². The molecule has 0 saturated carbocycles. The number of pyridine rings is 1. The minimum atomic E-state index is -0.315. The van der Waals surface area contributed by atoms with Crippen LogP contribution in [0.1, 0.15) is 33.3 Å². The van der Waals surface area contributed by atoms with Crippen LogP contribution in [0.5, 0.6) is 0 Å². The predicted molar refractivity (Wildman–Crippen MR) is 89.4 cm³/mol. The molecule has 1 saturated heterocycles. The Labute approximate surface area is 132 Å². The van der Waals surface area contributed by atoms with Gasteiger partial charge in [0.2, 0.25) is 0 Å². The maximum Gasteiger partial charge on any atom is 0.494 e. The molecule has 21 heavy (non-hydrogen) atoms. The van der Waals surface area contributed by atoms with Crippen molar-refractivity contribution in [2.24, 2.45) is 0 Å². The van der Waals surface area contributed by atoms with Crippen LogP contribution in [0.4, 0.5) is 0 Å². The first-order valence-electron chi connectivity index (χ1n) is 7.00. The van der Waals surface area contributed by atoms with Crippen molar-refractivity contribution in [3.8, 4) is 0 Å². The highest BCUT2D eigenvalue weighted by atomic mass is 35.5. The molecule has 1 aliphatic rings. The topological polar surface area (TPSA) is 31.4 Å². The van der Waals surface area contributed by atoms with Crippen LogP contribution in [0.2, 0.25) is 0 Å². The molecular formula is C16H21BClNO2. The molecule has 0 aliphatic carbocycles. The predicted octanol–water partition coefficient (Wildman–Crippen LogP) is 3.26. The summed E-state index contributed by atoms with van der Waals surface area (Å²) in [4.78, 5) is 4.42. The third-order valence-electron chi connectivity index (χ3n) is 4.37. The smallest absolute Gasteiger partial charge is 0.399 e. The van der Waals surface area contributed by atoms with Gasteiger partial charge in [-0.1, -0.05) is 12.1 Å². The van der Waals surface area contributed by atoms with Crippen molar-refractivity contribution < 1.29 is 9.31 Å². The molecule has 2 heterocycles. The van der Waals surface area contributed by atoms with Crippen LogP contribution in [0, 0.1) is 6.92 Å². The Bertz CT molecular complexity index is 656. The second-order valence-electron chi connectivity index (χ2n) is 6.55. The van der Waals surface area contributed by atoms with Gasteiger partial charge in [0.05, 0.1) is 16.7 Å². The van der Waals surface area contributed by atoms with E-state index in [1.54, 1.807) is 0 Å². The van der Waals surface area contributed by atoms with E-state index < -0.39 is 0 Å². The number of hydrogen-bond donors (Lipinski definition) is 0. The van der Waals surface area contributed by atoms with Crippen molar-refractivity contribution >= 4 is 35.9 Å². The summed E-state index contributed by atoms with van der Waals surface area (Å²) in [5.74, 6) is 0. The van der Waals surface area contributed by atoms with Crippen LogP contribution in [0.25, 0.3) is 10.9 Å². The van der Waals surface area contributed by atoms with Crippen LogP contribution in [0.15, 0.2) is 30.5 Å². The normalized spacial score (nSPS) is 19.6. The van der Waals surface area contributed by atoms with E-state index in [9.17, 15) is 0 Å². The molecule has 0 spiro atoms. The zero-order chi connectivity index (χ0) is 14.5. The Hall–Kier alpha value is -1.10. The quantitative estimate of drug-likeness (QED) is 0.758. The first-order valence-corrected chi connectivity index (χ1v) is 7.00. The molecule has 3 rings (SSSR count). The van der Waals surface area contributed by atoms with Gasteiger partial charge in [-0.2, -0.15) is 0 Å². The number of aryl methyl sites for hydroxylation is 1. The molecule has 0 unspecified atom stereocenters. The minimum absolute atomic E-state index is 0. The van der Waals surface area contributed by atoms with Crippen LogP contribution in [-0.4, -0.2) is 23.3 Å². The molecule has 1 aromatic heterocycles. The van der Waals surface area contributed by atoms with Gasteiger partial charge < -0.3 is 9.31 Å². The van der Waals surface area contributed by atoms with E-state index >= 15 is 0 Å². The van der Waals surface area contributed by atoms with E-state index in [4.69, 9.17) is 9.31 Å². The average molecular weight is 306 g/mol. The second-order valence-corrected chi connectivity index (χ2v) is 6.55. The highest BCUT2D eigenvalue weighted by molar-refractivity contribution is 6.62. The zero-order valence-electron chi connectivity index (χ0n) is 13.1. The number of benzene rings is 1. The van der Waals surface area contributed by atoms with Gasteiger partial charge in [-0.05, 0) is 57.8 Å². The van der Waals surface area contributed by atoms with Gasteiger partial charge >= 0.3 is 7.12 Å². The molecule has 1 aliphatic heterocycles. The molecule has 1 fully saturated rings. The summed E-state index contributed by atoms with van der Waals surface area (Å²) in [6.45, 7) is 10.3. The summed E-state index contributed by atoms with van der Waals surface area (Å²) in [5, 5.41) is 1.12. The van der Waals surface area contributed by atoms with E-state index in [2.05, 4.69) is 44.8 Å². The number of nitrogens with zero attached hydrogens (tertiary/aromatic N) is 1. The Morgan fingerprint density at radius 3 is 2.24 bits per heavy atom. The van der Waals surface area contributed by atoms with E-state index in [-0.39, 0.29) is 30.7 Å². The van der Waals surface area contributed by atoms with Gasteiger partial charge in [-0.3, -0.25) is 4.98 Å². The summed E-state index contributed by atoms with van der Waals surface area (Å²) >= 11 is 0. The number of halogens is 1. The first-order chi connectivity index (χ1) is 9.28. The Morgan fingerprint density at radius 2 is 1.62 bits per heavy atom. The third kappa shape index (κ3) is 2.80. The van der Waals surface area contributed by atoms with Gasteiger partial charge in [0.25, 0.3) is 0 Å². The summed E-state index contributed by atoms with van der Waals surface area (Å²) in [6.07, 6.45) is 1.89. The lowest BCUT2D eigenvalue weighted by molar-refractivity contribution is 0.00578. The standard InChI is InChI=1S/C16H20BNO2.ClH/c1-11-8-12-9-13(6-7-14(12)18-10-11)17-19-15(2,3)16(4,5)20-17;/h6-10H,1-5H3;1H. The third-order valence-corrected chi connectivity index (χ3v) is 4.37. The molecule has 0 bridgehead atoms. The first kappa shape index (κ1) is 16.3. The zero-order valence-corrected chi connectivity index (χ0v) is 14.0. The highest BCUT2D eigenvalue weighted by Crippen LogP contribution is 2.36. The van der Waals surface area contributed by atoms with Crippen molar-refractivity contribution in [3.63, 3.8) is 0 Å². The largest absolute Gasteiger partial charge is 0.494 e. The SMILES string of the molecule is Cc1cnc2ccc(B3OC(C)(C)C(C)(C)O3)cc2c1.Cl. The summed E-state index contributed by atoms with van der Waals surface area (Å²) in [6, 6.07) is 8.30. The van der Waals surface area contributed by atoms with E-state index in [1.807, 2.05) is 25.3 Å². The van der Waals surface area contributed by atoms with Crippen molar-refractivity contribution in [2.75, 3.05) is 0 Å². The monoisotopic (exact) mass is 305 g/mol. The Morgan fingerprint density at radius 1 is 1.00 bits per heavy atom. The van der Waals surface area contributed by atoms with Crippen molar-refractivity contribution in [3.05, 3.63) is 36.0 Å². The molecule has 0 amide bonds. The maximum atomic E-state index is 6.09. The van der Waals surface area contributed by atoms with Crippen molar-refractivity contribution in [1.29, 1.82) is 0 Å². The summed E-state index contributed by atoms with van der Waals surface area (Å²) < 4.78 is 12.2. The number of aromatic nitrogens is 1. The fourth-order valence-electron chi connectivity index (χ4n) is 2.39. The molecule has 1 aromatic carbocycles. The lowest BCUT2D eigenvalue weighted by atomic mass is 9.78. The minimum Gasteiger partial charge on any atom is -0.399 e. The lowest BCUT2D eigenvalue weighted by Crippen LogP contribution is -2.41. The molecule has 112 valence electrons. The highest BCUT2D eigenvalue weighted by Gasteiger charge is 2.51. The second kappa shape index (κ2) is 5.27. The molecule has 0 radical (unpaired) electrons. The maximum absolute atomic E-state index is 6.09. The van der Waals surface area contributed by atoms with Crippen LogP contribution in [0.3, 0.4) is 0 Å². The number of fused-ring (bicyclic) bond motifs is 1. The summed E-state index contributed by atoms with van der Waals surface area (Å²) in [7, 11) is -0.315. The Balaban J connectivity index is 0.00000161. The molecule has 0 N–H and O–H groups in total. The molecule has 3 nitrogen and oxygen atoms in total. The van der Waals surface area contributed by atoms with Crippen LogP contribution < -0.4 is 5.46 Å². The van der Waals surface area contributed by atoms with E-state index in [0.29, 0.717) is 0 Å². The number of rotatable bonds is 1. The average Bonchev–Trinajstić information content (AvgIpc) is 2.57. The fourth-order valence-corrected chi connectivity index (χ4v) is 2.39. The van der Waals surface area contributed by atoms with Gasteiger partial charge in [0, 0.05) is 11.6 Å². The van der Waals surface area contributed by atoms with Crippen LogP contribution in [-0.2, 0) is 9.31 Å². The van der Waals surface area contributed by atoms with Gasteiger partial charge in [0.15, 0.2) is 0 Å². The summed E-state index contributed by atoms with van der Waals surface area (Å²) in [5.41, 5.74) is 2.58. The lowest BCUT2D eigenvalue weighted by Gasteiger charge is -2.32. The van der Waals surface area contributed by atoms with Crippen molar-refractivity contribution in [1.82, 2.24) is 4.98 Å². The van der Waals surface area contributed by atoms with Crippen molar-refractivity contribution in [2.45, 2.75) is 45.8 Å². The molecule has 2 aromatic rings. The Kier molecular flexibility index (Phi) is 4.09. The van der Waals surface area contributed by atoms with E-state index in [0.717, 1.165) is 21.9 Å².